The molecule has 0 saturated carbocycles. The van der Waals surface area contributed by atoms with E-state index in [1.165, 1.54) is 31.2 Å². The Kier molecular flexibility index (Phi) is 7.48. The molecule has 0 spiro atoms. The highest BCUT2D eigenvalue weighted by Crippen LogP contribution is 2.38. The second kappa shape index (κ2) is 10.4. The number of hydrazine groups is 1. The number of sulfone groups is 1. The number of aryl methyl sites for hydroxylation is 1. The summed E-state index contributed by atoms with van der Waals surface area (Å²) < 4.78 is 81.3. The van der Waals surface area contributed by atoms with Crippen LogP contribution in [0.1, 0.15) is 17.1 Å². The van der Waals surface area contributed by atoms with E-state index in [9.17, 15) is 21.6 Å². The molecule has 4 aromatic rings. The van der Waals surface area contributed by atoms with E-state index in [-0.39, 0.29) is 33.4 Å². The molecule has 4 N–H and O–H groups in total. The largest absolute Gasteiger partial charge is 0.434 e. The number of benzene rings is 3. The van der Waals surface area contributed by atoms with Gasteiger partial charge in [0.1, 0.15) is 17.3 Å². The van der Waals surface area contributed by atoms with E-state index in [0.717, 1.165) is 28.1 Å². The van der Waals surface area contributed by atoms with Gasteiger partial charge in [-0.3, -0.25) is 9.58 Å². The zero-order valence-corrected chi connectivity index (χ0v) is 22.1. The smallest absolute Gasteiger partial charge is 0.403 e. The lowest BCUT2D eigenvalue weighted by atomic mass is 10.0. The molecule has 0 aliphatic heterocycles. The van der Waals surface area contributed by atoms with Crippen molar-refractivity contribution in [1.29, 1.82) is 0 Å². The Morgan fingerprint density at radius 3 is 2.31 bits per heavy atom. The Bertz CT molecular complexity index is 1680. The monoisotopic (exact) mass is 579 g/mol. The average molecular weight is 580 g/mol. The summed E-state index contributed by atoms with van der Waals surface area (Å²) in [7, 11) is -3.58. The Balaban J connectivity index is 1.98. The predicted octanol–water partition coefficient (Wildman–Crippen LogP) is 5.70. The number of halogens is 5. The van der Waals surface area contributed by atoms with Gasteiger partial charge in [-0.2, -0.15) is 13.2 Å². The van der Waals surface area contributed by atoms with Crippen molar-refractivity contribution in [3.63, 3.8) is 0 Å². The van der Waals surface area contributed by atoms with Crippen LogP contribution < -0.4 is 16.6 Å². The molecule has 7 nitrogen and oxygen atoms in total. The van der Waals surface area contributed by atoms with Crippen LogP contribution in [0, 0.1) is 12.7 Å². The summed E-state index contributed by atoms with van der Waals surface area (Å²) in [5, 5.41) is 1.46. The van der Waals surface area contributed by atoms with Gasteiger partial charge in [0.05, 0.1) is 16.3 Å². The first kappa shape index (κ1) is 28.1. The predicted molar refractivity (Wildman–Crippen MR) is 142 cm³/mol. The molecule has 0 unspecified atom stereocenters. The van der Waals surface area contributed by atoms with Gasteiger partial charge < -0.3 is 5.73 Å². The van der Waals surface area contributed by atoms with E-state index in [4.69, 9.17) is 23.2 Å². The SMILES string of the molecule is Cc1nc(C(F)(F)F)cn1-c1c(F)cc(-c2cccc(S(C)(=O)=O)c2)cc1N(N)/C(=C\N)c1ccc(Cl)cc1. The van der Waals surface area contributed by atoms with Gasteiger partial charge in [0.25, 0.3) is 0 Å². The number of imidazole rings is 1. The number of hydrogen-bond donors (Lipinski definition) is 2. The van der Waals surface area contributed by atoms with Gasteiger partial charge in [0, 0.05) is 29.2 Å². The van der Waals surface area contributed by atoms with Crippen molar-refractivity contribution < 1.29 is 26.0 Å². The highest BCUT2D eigenvalue weighted by atomic mass is 35.5. The summed E-state index contributed by atoms with van der Waals surface area (Å²) in [4.78, 5) is 3.54. The van der Waals surface area contributed by atoms with E-state index in [0.29, 0.717) is 22.3 Å². The normalized spacial score (nSPS) is 12.6. The second-order valence-corrected chi connectivity index (χ2v) is 11.0. The number of nitrogens with two attached hydrogens (primary N) is 2. The standard InChI is InChI=1S/C26H22ClF4N5O2S/c1-15-34-24(26(29,30)31)14-35(15)25-21(28)11-18(17-4-3-5-20(10-17)39(2,37)38)12-22(25)36(33)23(13-32)16-6-8-19(27)9-7-16/h3-14H,32-33H2,1-2H3/b23-13-. The maximum atomic E-state index is 15.9. The lowest BCUT2D eigenvalue weighted by Crippen LogP contribution is -2.31. The lowest BCUT2D eigenvalue weighted by Gasteiger charge is -2.26. The van der Waals surface area contributed by atoms with Crippen LogP contribution in [0.25, 0.3) is 22.5 Å². The number of anilines is 1. The summed E-state index contributed by atoms with van der Waals surface area (Å²) in [5.41, 5.74) is 5.48. The Morgan fingerprint density at radius 2 is 1.74 bits per heavy atom. The van der Waals surface area contributed by atoms with Crippen LogP contribution in [0.3, 0.4) is 0 Å². The second-order valence-electron chi connectivity index (χ2n) is 8.60. The summed E-state index contributed by atoms with van der Waals surface area (Å²) in [6.07, 6.45) is -1.91. The minimum atomic E-state index is -4.77. The van der Waals surface area contributed by atoms with Gasteiger partial charge in [0.2, 0.25) is 0 Å². The topological polar surface area (TPSA) is 107 Å². The molecular weight excluding hydrogens is 558 g/mol. The molecule has 0 amide bonds. The zero-order chi connectivity index (χ0) is 28.7. The molecule has 1 aromatic heterocycles. The van der Waals surface area contributed by atoms with Crippen LogP contribution >= 0.6 is 11.6 Å². The van der Waals surface area contributed by atoms with Crippen LogP contribution in [-0.4, -0.2) is 24.2 Å². The fourth-order valence-electron chi connectivity index (χ4n) is 3.98. The van der Waals surface area contributed by atoms with E-state index in [1.54, 1.807) is 30.3 Å². The Labute approximate surface area is 226 Å². The minimum absolute atomic E-state index is 0.000352. The zero-order valence-electron chi connectivity index (χ0n) is 20.5. The van der Waals surface area contributed by atoms with E-state index in [2.05, 4.69) is 4.98 Å². The first-order chi connectivity index (χ1) is 18.2. The molecule has 0 bridgehead atoms. The highest BCUT2D eigenvalue weighted by molar-refractivity contribution is 7.90. The van der Waals surface area contributed by atoms with Crippen LogP contribution in [0.2, 0.25) is 5.02 Å². The highest BCUT2D eigenvalue weighted by Gasteiger charge is 2.35. The molecule has 1 heterocycles. The third-order valence-corrected chi connectivity index (χ3v) is 7.23. The molecule has 4 rings (SSSR count). The fraction of sp³-hybridized carbons (Fsp3) is 0.115. The van der Waals surface area contributed by atoms with E-state index in [1.807, 2.05) is 0 Å². The third-order valence-electron chi connectivity index (χ3n) is 5.87. The molecule has 3 aromatic carbocycles. The van der Waals surface area contributed by atoms with Crippen molar-refractivity contribution in [3.05, 3.63) is 101 Å². The summed E-state index contributed by atoms with van der Waals surface area (Å²) in [6.45, 7) is 1.29. The van der Waals surface area contributed by atoms with Crippen molar-refractivity contribution in [2.45, 2.75) is 18.0 Å². The van der Waals surface area contributed by atoms with Crippen LogP contribution in [0.4, 0.5) is 23.2 Å². The van der Waals surface area contributed by atoms with Crippen molar-refractivity contribution >= 4 is 32.8 Å². The van der Waals surface area contributed by atoms with E-state index >= 15 is 4.39 Å². The van der Waals surface area contributed by atoms with Gasteiger partial charge >= 0.3 is 6.18 Å². The molecule has 0 fully saturated rings. The third kappa shape index (κ3) is 5.77. The van der Waals surface area contributed by atoms with Gasteiger partial charge in [-0.1, -0.05) is 35.9 Å². The van der Waals surface area contributed by atoms with Crippen LogP contribution in [0.15, 0.2) is 78.0 Å². The van der Waals surface area contributed by atoms with Crippen molar-refractivity contribution in [2.24, 2.45) is 11.6 Å². The molecule has 0 atom stereocenters. The molecular formula is C26H22ClF4N5O2S. The molecule has 204 valence electrons. The Hall–Kier alpha value is -3.87. The summed E-state index contributed by atoms with van der Waals surface area (Å²) in [5.74, 6) is 5.36. The number of rotatable bonds is 6. The van der Waals surface area contributed by atoms with Crippen LogP contribution in [-0.2, 0) is 16.0 Å². The first-order valence-electron chi connectivity index (χ1n) is 11.2. The Morgan fingerprint density at radius 1 is 1.08 bits per heavy atom. The number of hydrogen-bond acceptors (Lipinski definition) is 6. The molecule has 39 heavy (non-hydrogen) atoms. The maximum absolute atomic E-state index is 15.9. The number of alkyl halides is 3. The first-order valence-corrected chi connectivity index (χ1v) is 13.5. The lowest BCUT2D eigenvalue weighted by molar-refractivity contribution is -0.141. The molecule has 0 radical (unpaired) electrons. The van der Waals surface area contributed by atoms with Crippen molar-refractivity contribution in [2.75, 3.05) is 11.3 Å². The summed E-state index contributed by atoms with van der Waals surface area (Å²) >= 11 is 5.98. The van der Waals surface area contributed by atoms with Crippen molar-refractivity contribution in [1.82, 2.24) is 9.55 Å². The number of aromatic nitrogens is 2. The summed E-state index contributed by atoms with van der Waals surface area (Å²) in [6, 6.07) is 14.7. The van der Waals surface area contributed by atoms with Crippen molar-refractivity contribution in [3.8, 4) is 16.8 Å². The van der Waals surface area contributed by atoms with Gasteiger partial charge in [-0.25, -0.2) is 23.6 Å². The fourth-order valence-corrected chi connectivity index (χ4v) is 4.77. The molecule has 0 saturated heterocycles. The van der Waals surface area contributed by atoms with Gasteiger partial charge in [-0.15, -0.1) is 0 Å². The van der Waals surface area contributed by atoms with Gasteiger partial charge in [0.15, 0.2) is 15.5 Å². The molecule has 13 heteroatoms. The minimum Gasteiger partial charge on any atom is -0.403 e. The van der Waals surface area contributed by atoms with Crippen LogP contribution in [0.5, 0.6) is 0 Å². The molecule has 0 aliphatic carbocycles. The molecule has 0 aliphatic rings. The average Bonchev–Trinajstić information content (AvgIpc) is 3.26. The quantitative estimate of drug-likeness (QED) is 0.172. The maximum Gasteiger partial charge on any atom is 0.434 e. The number of nitrogens with zero attached hydrogens (tertiary/aromatic N) is 3. The van der Waals surface area contributed by atoms with E-state index < -0.39 is 27.5 Å². The van der Waals surface area contributed by atoms with Gasteiger partial charge in [-0.05, 0) is 54.4 Å².